The van der Waals surface area contributed by atoms with Crippen molar-refractivity contribution in [3.05, 3.63) is 52.3 Å². The topological polar surface area (TPSA) is 102 Å². The molecule has 0 saturated carbocycles. The first-order chi connectivity index (χ1) is 9.79. The van der Waals surface area contributed by atoms with E-state index in [1.165, 1.54) is 36.7 Å². The summed E-state index contributed by atoms with van der Waals surface area (Å²) in [5.74, 6) is -0.545. The number of aromatic nitrogens is 1. The molecule has 0 aliphatic heterocycles. The maximum absolute atomic E-state index is 12.1. The number of halogens is 2. The predicted molar refractivity (Wildman–Crippen MR) is 80.0 cm³/mol. The van der Waals surface area contributed by atoms with E-state index in [9.17, 15) is 13.2 Å². The van der Waals surface area contributed by atoms with E-state index in [4.69, 9.17) is 28.3 Å². The molecule has 0 unspecified atom stereocenters. The van der Waals surface area contributed by atoms with Gasteiger partial charge in [-0.05, 0) is 24.3 Å². The van der Waals surface area contributed by atoms with Crippen LogP contribution >= 0.6 is 23.2 Å². The molecule has 1 aromatic carbocycles. The minimum absolute atomic E-state index is 0.112. The first kappa shape index (κ1) is 15.7. The number of sulfonamides is 1. The second-order valence-electron chi connectivity index (χ2n) is 4.00. The number of amides is 1. The van der Waals surface area contributed by atoms with Crippen LogP contribution < -0.4 is 10.5 Å². The van der Waals surface area contributed by atoms with Crippen molar-refractivity contribution in [1.82, 2.24) is 4.98 Å². The van der Waals surface area contributed by atoms with Gasteiger partial charge in [0.15, 0.2) is 0 Å². The zero-order chi connectivity index (χ0) is 15.6. The quantitative estimate of drug-likeness (QED) is 0.890. The van der Waals surface area contributed by atoms with Crippen LogP contribution in [-0.2, 0) is 10.0 Å². The molecule has 0 spiro atoms. The van der Waals surface area contributed by atoms with Gasteiger partial charge in [0.05, 0.1) is 26.2 Å². The fourth-order valence-corrected chi connectivity index (χ4v) is 2.44. The minimum Gasteiger partial charge on any atom is -0.321 e. The number of hydrogen-bond donors (Lipinski definition) is 2. The summed E-state index contributed by atoms with van der Waals surface area (Å²) in [5.41, 5.74) is 0.296. The summed E-state index contributed by atoms with van der Waals surface area (Å²) in [6, 6.07) is 5.16. The molecule has 3 N–H and O–H groups in total. The Labute approximate surface area is 130 Å². The molecule has 1 heterocycles. The van der Waals surface area contributed by atoms with Gasteiger partial charge in [-0.15, -0.1) is 0 Å². The number of carbonyl (C=O) groups is 1. The molecule has 0 aliphatic rings. The van der Waals surface area contributed by atoms with E-state index in [2.05, 4.69) is 10.3 Å². The Hall–Kier alpha value is -1.67. The molecule has 0 aliphatic carbocycles. The Kier molecular flexibility index (Phi) is 4.48. The average Bonchev–Trinajstić information content (AvgIpc) is 2.40. The first-order valence-corrected chi connectivity index (χ1v) is 7.82. The van der Waals surface area contributed by atoms with Crippen LogP contribution in [0, 0.1) is 0 Å². The predicted octanol–water partition coefficient (Wildman–Crippen LogP) is 2.29. The normalized spacial score (nSPS) is 11.2. The summed E-state index contributed by atoms with van der Waals surface area (Å²) in [7, 11) is -3.90. The SMILES string of the molecule is NS(=O)(=O)c1ccc(Cl)c(NC(=O)c2ccncc2Cl)c1. The number of rotatable bonds is 3. The number of nitrogens with two attached hydrogens (primary N) is 1. The first-order valence-electron chi connectivity index (χ1n) is 5.52. The molecule has 0 fully saturated rings. The number of nitrogens with zero attached hydrogens (tertiary/aromatic N) is 1. The number of nitrogens with one attached hydrogen (secondary N) is 1. The summed E-state index contributed by atoms with van der Waals surface area (Å²) >= 11 is 11.8. The van der Waals surface area contributed by atoms with Crippen LogP contribution in [0.3, 0.4) is 0 Å². The molecule has 2 aromatic rings. The third-order valence-corrected chi connectivity index (χ3v) is 4.07. The number of benzene rings is 1. The molecule has 110 valence electrons. The van der Waals surface area contributed by atoms with Gasteiger partial charge in [0.2, 0.25) is 10.0 Å². The number of anilines is 1. The molecular formula is C12H9Cl2N3O3S. The van der Waals surface area contributed by atoms with Crippen LogP contribution in [0.25, 0.3) is 0 Å². The second kappa shape index (κ2) is 5.98. The van der Waals surface area contributed by atoms with Gasteiger partial charge in [-0.25, -0.2) is 13.6 Å². The molecule has 21 heavy (non-hydrogen) atoms. The van der Waals surface area contributed by atoms with Crippen molar-refractivity contribution in [2.24, 2.45) is 5.14 Å². The standard InChI is InChI=1S/C12H9Cl2N3O3S/c13-9-2-1-7(21(15,19)20)5-11(9)17-12(18)8-3-4-16-6-10(8)14/h1-6H,(H,17,18)(H2,15,19,20). The maximum atomic E-state index is 12.1. The molecule has 1 aromatic heterocycles. The van der Waals surface area contributed by atoms with Crippen molar-refractivity contribution in [3.8, 4) is 0 Å². The average molecular weight is 346 g/mol. The Morgan fingerprint density at radius 1 is 1.19 bits per heavy atom. The Balaban J connectivity index is 2.36. The van der Waals surface area contributed by atoms with Gasteiger partial charge in [0, 0.05) is 12.4 Å². The summed E-state index contributed by atoms with van der Waals surface area (Å²) in [5, 5.41) is 7.83. The lowest BCUT2D eigenvalue weighted by Gasteiger charge is -2.09. The highest BCUT2D eigenvalue weighted by Gasteiger charge is 2.15. The van der Waals surface area contributed by atoms with Crippen LogP contribution in [0.15, 0.2) is 41.6 Å². The van der Waals surface area contributed by atoms with E-state index in [1.807, 2.05) is 0 Å². The lowest BCUT2D eigenvalue weighted by Crippen LogP contribution is -2.15. The number of hydrogen-bond acceptors (Lipinski definition) is 4. The van der Waals surface area contributed by atoms with Gasteiger partial charge in [-0.3, -0.25) is 9.78 Å². The van der Waals surface area contributed by atoms with E-state index >= 15 is 0 Å². The van der Waals surface area contributed by atoms with Crippen LogP contribution in [0.2, 0.25) is 10.0 Å². The lowest BCUT2D eigenvalue weighted by atomic mass is 10.2. The highest BCUT2D eigenvalue weighted by molar-refractivity contribution is 7.89. The zero-order valence-corrected chi connectivity index (χ0v) is 12.7. The number of pyridine rings is 1. The van der Waals surface area contributed by atoms with Gasteiger partial charge in [0.1, 0.15) is 0 Å². The van der Waals surface area contributed by atoms with Gasteiger partial charge < -0.3 is 5.32 Å². The van der Waals surface area contributed by atoms with Crippen molar-refractivity contribution in [2.45, 2.75) is 4.90 Å². The van der Waals surface area contributed by atoms with Crippen molar-refractivity contribution in [2.75, 3.05) is 5.32 Å². The smallest absolute Gasteiger partial charge is 0.257 e. The molecule has 6 nitrogen and oxygen atoms in total. The molecular weight excluding hydrogens is 337 g/mol. The second-order valence-corrected chi connectivity index (χ2v) is 6.37. The third-order valence-electron chi connectivity index (χ3n) is 2.53. The van der Waals surface area contributed by atoms with Crippen LogP contribution in [0.1, 0.15) is 10.4 Å². The van der Waals surface area contributed by atoms with Crippen molar-refractivity contribution in [1.29, 1.82) is 0 Å². The molecule has 0 atom stereocenters. The minimum atomic E-state index is -3.90. The van der Waals surface area contributed by atoms with Crippen molar-refractivity contribution >= 4 is 44.8 Å². The lowest BCUT2D eigenvalue weighted by molar-refractivity contribution is 0.102. The summed E-state index contributed by atoms with van der Waals surface area (Å²) in [4.78, 5) is 15.7. The highest BCUT2D eigenvalue weighted by atomic mass is 35.5. The Morgan fingerprint density at radius 2 is 1.90 bits per heavy atom. The Bertz CT molecular complexity index is 809. The fourth-order valence-electron chi connectivity index (χ4n) is 1.53. The van der Waals surface area contributed by atoms with Gasteiger partial charge >= 0.3 is 0 Å². The van der Waals surface area contributed by atoms with E-state index < -0.39 is 15.9 Å². The summed E-state index contributed by atoms with van der Waals surface area (Å²) in [6.07, 6.45) is 2.72. The number of carbonyl (C=O) groups excluding carboxylic acids is 1. The van der Waals surface area contributed by atoms with E-state index in [-0.39, 0.29) is 26.2 Å². The van der Waals surface area contributed by atoms with Crippen LogP contribution in [0.5, 0.6) is 0 Å². The van der Waals surface area contributed by atoms with Gasteiger partial charge in [-0.1, -0.05) is 23.2 Å². The summed E-state index contributed by atoms with van der Waals surface area (Å²) < 4.78 is 22.6. The molecule has 2 rings (SSSR count). The zero-order valence-electron chi connectivity index (χ0n) is 10.4. The molecule has 0 saturated heterocycles. The third kappa shape index (κ3) is 3.70. The van der Waals surface area contributed by atoms with E-state index in [0.29, 0.717) is 0 Å². The molecule has 9 heteroatoms. The van der Waals surface area contributed by atoms with Crippen LogP contribution in [-0.4, -0.2) is 19.3 Å². The summed E-state index contributed by atoms with van der Waals surface area (Å²) in [6.45, 7) is 0. The Morgan fingerprint density at radius 3 is 2.52 bits per heavy atom. The van der Waals surface area contributed by atoms with Crippen molar-refractivity contribution in [3.63, 3.8) is 0 Å². The van der Waals surface area contributed by atoms with Gasteiger partial charge in [-0.2, -0.15) is 0 Å². The fraction of sp³-hybridized carbons (Fsp3) is 0. The van der Waals surface area contributed by atoms with Crippen LogP contribution in [0.4, 0.5) is 5.69 Å². The van der Waals surface area contributed by atoms with Gasteiger partial charge in [0.25, 0.3) is 5.91 Å². The largest absolute Gasteiger partial charge is 0.321 e. The van der Waals surface area contributed by atoms with Crippen molar-refractivity contribution < 1.29 is 13.2 Å². The number of primary sulfonamides is 1. The molecule has 0 bridgehead atoms. The molecule has 0 radical (unpaired) electrons. The van der Waals surface area contributed by atoms with E-state index in [1.54, 1.807) is 0 Å². The monoisotopic (exact) mass is 345 g/mol. The molecule has 1 amide bonds. The highest BCUT2D eigenvalue weighted by Crippen LogP contribution is 2.26. The van der Waals surface area contributed by atoms with E-state index in [0.717, 1.165) is 0 Å². The maximum Gasteiger partial charge on any atom is 0.257 e.